The third kappa shape index (κ3) is 2.38. The fourth-order valence-corrected chi connectivity index (χ4v) is 2.57. The molecule has 0 aliphatic heterocycles. The highest BCUT2D eigenvalue weighted by atomic mass is 15.1. The summed E-state index contributed by atoms with van der Waals surface area (Å²) in [5, 5.41) is 8.86. The number of hydrogen-bond acceptors (Lipinski definition) is 2. The quantitative estimate of drug-likeness (QED) is 0.741. The summed E-state index contributed by atoms with van der Waals surface area (Å²) in [5.74, 6) is 2.13. The van der Waals surface area contributed by atoms with E-state index in [4.69, 9.17) is 5.26 Å². The minimum Gasteiger partial charge on any atom is -0.322 e. The van der Waals surface area contributed by atoms with E-state index < -0.39 is 0 Å². The van der Waals surface area contributed by atoms with Gasteiger partial charge in [0.2, 0.25) is 5.82 Å². The zero-order valence-electron chi connectivity index (χ0n) is 9.19. The monoisotopic (exact) mass is 203 g/mol. The van der Waals surface area contributed by atoms with Crippen LogP contribution in [-0.2, 0) is 6.54 Å². The fourth-order valence-electron chi connectivity index (χ4n) is 2.57. The summed E-state index contributed by atoms with van der Waals surface area (Å²) in [6.07, 6.45) is 8.92. The van der Waals surface area contributed by atoms with Gasteiger partial charge < -0.3 is 4.57 Å². The number of rotatable bonds is 2. The molecule has 0 amide bonds. The predicted molar refractivity (Wildman–Crippen MR) is 58.1 cm³/mol. The summed E-state index contributed by atoms with van der Waals surface area (Å²) in [6.45, 7) is 3.29. The van der Waals surface area contributed by atoms with Gasteiger partial charge in [-0.25, -0.2) is 4.98 Å². The molecule has 0 unspecified atom stereocenters. The summed E-state index contributed by atoms with van der Waals surface area (Å²) >= 11 is 0. The van der Waals surface area contributed by atoms with Crippen LogP contribution in [0, 0.1) is 23.2 Å². The molecule has 1 fully saturated rings. The Hall–Kier alpha value is -1.30. The van der Waals surface area contributed by atoms with Gasteiger partial charge >= 0.3 is 0 Å². The lowest BCUT2D eigenvalue weighted by atomic mass is 9.82. The average molecular weight is 203 g/mol. The Morgan fingerprint density at radius 3 is 3.20 bits per heavy atom. The van der Waals surface area contributed by atoms with E-state index in [0.717, 1.165) is 18.4 Å². The normalized spacial score (nSPS) is 26.1. The maximum absolute atomic E-state index is 8.86. The Morgan fingerprint density at radius 2 is 2.47 bits per heavy atom. The summed E-state index contributed by atoms with van der Waals surface area (Å²) in [5.41, 5.74) is 0. The first-order valence-electron chi connectivity index (χ1n) is 5.71. The third-order valence-corrected chi connectivity index (χ3v) is 3.32. The molecule has 2 atom stereocenters. The SMILES string of the molecule is C[C@@H]1CCC[C@@H](Cn2ccnc2C#N)C1. The molecule has 0 bridgehead atoms. The van der Waals surface area contributed by atoms with Crippen molar-refractivity contribution < 1.29 is 0 Å². The fraction of sp³-hybridized carbons (Fsp3) is 0.667. The van der Waals surface area contributed by atoms with E-state index in [-0.39, 0.29) is 0 Å². The Kier molecular flexibility index (Phi) is 3.05. The van der Waals surface area contributed by atoms with Gasteiger partial charge in [-0.1, -0.05) is 19.8 Å². The molecule has 0 N–H and O–H groups in total. The number of aromatic nitrogens is 2. The van der Waals surface area contributed by atoms with Crippen molar-refractivity contribution in [3.63, 3.8) is 0 Å². The van der Waals surface area contributed by atoms with Crippen molar-refractivity contribution in [1.82, 2.24) is 9.55 Å². The highest BCUT2D eigenvalue weighted by Gasteiger charge is 2.19. The van der Waals surface area contributed by atoms with E-state index in [1.54, 1.807) is 6.20 Å². The molecule has 15 heavy (non-hydrogen) atoms. The molecular weight excluding hydrogens is 186 g/mol. The molecule has 1 heterocycles. The van der Waals surface area contributed by atoms with Crippen molar-refractivity contribution in [3.8, 4) is 6.07 Å². The van der Waals surface area contributed by atoms with Crippen molar-refractivity contribution in [2.45, 2.75) is 39.2 Å². The second-order valence-corrected chi connectivity index (χ2v) is 4.65. The predicted octanol–water partition coefficient (Wildman–Crippen LogP) is 2.58. The molecule has 1 saturated carbocycles. The minimum atomic E-state index is 0.549. The minimum absolute atomic E-state index is 0.549. The second kappa shape index (κ2) is 4.48. The summed E-state index contributed by atoms with van der Waals surface area (Å²) in [7, 11) is 0. The topological polar surface area (TPSA) is 41.6 Å². The van der Waals surface area contributed by atoms with E-state index >= 15 is 0 Å². The van der Waals surface area contributed by atoms with E-state index in [0.29, 0.717) is 5.82 Å². The van der Waals surface area contributed by atoms with Crippen LogP contribution in [0.5, 0.6) is 0 Å². The standard InChI is InChI=1S/C12H17N3/c1-10-3-2-4-11(7-10)9-15-6-5-14-12(15)8-13/h5-6,10-11H,2-4,7,9H2,1H3/t10-,11-/m1/s1. The van der Waals surface area contributed by atoms with Gasteiger partial charge in [-0.3, -0.25) is 0 Å². The zero-order valence-corrected chi connectivity index (χ0v) is 9.19. The van der Waals surface area contributed by atoms with Crippen molar-refractivity contribution in [2.24, 2.45) is 11.8 Å². The van der Waals surface area contributed by atoms with Crippen LogP contribution in [0.3, 0.4) is 0 Å². The first-order chi connectivity index (χ1) is 7.29. The molecule has 0 saturated heterocycles. The van der Waals surface area contributed by atoms with Crippen molar-refractivity contribution in [1.29, 1.82) is 5.26 Å². The first kappa shape index (κ1) is 10.2. The van der Waals surface area contributed by atoms with Crippen molar-refractivity contribution >= 4 is 0 Å². The molecule has 1 aromatic heterocycles. The van der Waals surface area contributed by atoms with Gasteiger partial charge in [0, 0.05) is 18.9 Å². The van der Waals surface area contributed by atoms with Gasteiger partial charge in [0.1, 0.15) is 6.07 Å². The van der Waals surface area contributed by atoms with Crippen LogP contribution >= 0.6 is 0 Å². The van der Waals surface area contributed by atoms with Crippen LogP contribution in [0.1, 0.15) is 38.4 Å². The van der Waals surface area contributed by atoms with E-state index in [9.17, 15) is 0 Å². The van der Waals surface area contributed by atoms with Crippen LogP contribution < -0.4 is 0 Å². The van der Waals surface area contributed by atoms with E-state index in [1.807, 2.05) is 10.8 Å². The lowest BCUT2D eigenvalue weighted by molar-refractivity contribution is 0.256. The van der Waals surface area contributed by atoms with E-state index in [2.05, 4.69) is 18.0 Å². The van der Waals surface area contributed by atoms with Crippen LogP contribution in [-0.4, -0.2) is 9.55 Å². The average Bonchev–Trinajstić information content (AvgIpc) is 2.65. The highest BCUT2D eigenvalue weighted by Crippen LogP contribution is 2.29. The Morgan fingerprint density at radius 1 is 1.60 bits per heavy atom. The molecular formula is C12H17N3. The molecule has 3 nitrogen and oxygen atoms in total. The van der Waals surface area contributed by atoms with Gasteiger partial charge in [0.05, 0.1) is 0 Å². The molecule has 1 aliphatic carbocycles. The Balaban J connectivity index is 1.99. The van der Waals surface area contributed by atoms with Gasteiger partial charge in [0.25, 0.3) is 0 Å². The molecule has 3 heteroatoms. The van der Waals surface area contributed by atoms with Crippen molar-refractivity contribution in [3.05, 3.63) is 18.2 Å². The molecule has 80 valence electrons. The Labute approximate surface area is 90.7 Å². The van der Waals surface area contributed by atoms with Crippen LogP contribution in [0.25, 0.3) is 0 Å². The van der Waals surface area contributed by atoms with Gasteiger partial charge in [-0.05, 0) is 24.7 Å². The molecule has 0 radical (unpaired) electrons. The van der Waals surface area contributed by atoms with E-state index in [1.165, 1.54) is 25.7 Å². The van der Waals surface area contributed by atoms with Gasteiger partial charge in [-0.2, -0.15) is 5.26 Å². The molecule has 0 spiro atoms. The smallest absolute Gasteiger partial charge is 0.212 e. The maximum atomic E-state index is 8.86. The Bertz CT molecular complexity index is 361. The molecule has 0 aromatic carbocycles. The zero-order chi connectivity index (χ0) is 10.7. The largest absolute Gasteiger partial charge is 0.322 e. The highest BCUT2D eigenvalue weighted by molar-refractivity contribution is 5.11. The number of imidazole rings is 1. The number of nitrogens with zero attached hydrogens (tertiary/aromatic N) is 3. The van der Waals surface area contributed by atoms with Crippen LogP contribution in [0.2, 0.25) is 0 Å². The molecule has 1 aliphatic rings. The van der Waals surface area contributed by atoms with Gasteiger partial charge in [0.15, 0.2) is 0 Å². The summed E-state index contributed by atoms with van der Waals surface area (Å²) < 4.78 is 1.99. The van der Waals surface area contributed by atoms with Crippen LogP contribution in [0.15, 0.2) is 12.4 Å². The number of hydrogen-bond donors (Lipinski definition) is 0. The van der Waals surface area contributed by atoms with Crippen molar-refractivity contribution in [2.75, 3.05) is 0 Å². The summed E-state index contributed by atoms with van der Waals surface area (Å²) in [6, 6.07) is 2.13. The lowest BCUT2D eigenvalue weighted by Crippen LogP contribution is -2.18. The number of nitriles is 1. The molecule has 2 rings (SSSR count). The third-order valence-electron chi connectivity index (χ3n) is 3.32. The first-order valence-corrected chi connectivity index (χ1v) is 5.71. The summed E-state index contributed by atoms with van der Waals surface area (Å²) in [4.78, 5) is 4.02. The molecule has 1 aromatic rings. The maximum Gasteiger partial charge on any atom is 0.212 e. The second-order valence-electron chi connectivity index (χ2n) is 4.65. The van der Waals surface area contributed by atoms with Crippen LogP contribution in [0.4, 0.5) is 0 Å². The lowest BCUT2D eigenvalue weighted by Gasteiger charge is -2.26. The van der Waals surface area contributed by atoms with Gasteiger partial charge in [-0.15, -0.1) is 0 Å².